The minimum absolute atomic E-state index is 0.222. The lowest BCUT2D eigenvalue weighted by Gasteiger charge is -2.20. The number of imidazole rings is 1. The molecule has 36 heavy (non-hydrogen) atoms. The van der Waals surface area contributed by atoms with E-state index in [9.17, 15) is 9.59 Å². The summed E-state index contributed by atoms with van der Waals surface area (Å²) in [7, 11) is 0. The van der Waals surface area contributed by atoms with Crippen molar-refractivity contribution >= 4 is 46.0 Å². The summed E-state index contributed by atoms with van der Waals surface area (Å²) >= 11 is 0. The van der Waals surface area contributed by atoms with Crippen molar-refractivity contribution < 1.29 is 14.3 Å². The third-order valence-corrected chi connectivity index (χ3v) is 5.33. The average Bonchev–Trinajstić information content (AvgIpc) is 3.17. The lowest BCUT2D eigenvalue weighted by molar-refractivity contribution is 0.0635. The second-order valence-electron chi connectivity index (χ2n) is 9.72. The highest BCUT2D eigenvalue weighted by molar-refractivity contribution is 6.07. The van der Waals surface area contributed by atoms with Gasteiger partial charge in [-0.1, -0.05) is 24.3 Å². The summed E-state index contributed by atoms with van der Waals surface area (Å²) in [6, 6.07) is 22.4. The summed E-state index contributed by atoms with van der Waals surface area (Å²) in [6.45, 7) is 9.59. The van der Waals surface area contributed by atoms with Gasteiger partial charge in [0.25, 0.3) is 5.91 Å². The van der Waals surface area contributed by atoms with Crippen LogP contribution in [0.15, 0.2) is 72.8 Å². The maximum atomic E-state index is 12.9. The molecule has 1 heterocycles. The Balaban J connectivity index is 1.47. The molecule has 0 fully saturated rings. The van der Waals surface area contributed by atoms with Crippen molar-refractivity contribution in [2.75, 3.05) is 16.0 Å². The summed E-state index contributed by atoms with van der Waals surface area (Å²) in [5.74, 6) is 0.444. The molecule has 0 saturated carbocycles. The first-order chi connectivity index (χ1) is 17.1. The fraction of sp³-hybridized carbons (Fsp3) is 0.250. The Hall–Kier alpha value is -4.33. The van der Waals surface area contributed by atoms with E-state index in [0.717, 1.165) is 22.7 Å². The number of carbonyl (C=O) groups is 2. The number of nitrogens with zero attached hydrogens (tertiary/aromatic N) is 2. The molecule has 0 saturated heterocycles. The molecule has 4 rings (SSSR count). The monoisotopic (exact) mass is 485 g/mol. The minimum atomic E-state index is -0.628. The van der Waals surface area contributed by atoms with Gasteiger partial charge in [-0.05, 0) is 83.1 Å². The molecule has 0 spiro atoms. The van der Waals surface area contributed by atoms with Gasteiger partial charge in [0, 0.05) is 17.3 Å². The van der Waals surface area contributed by atoms with Crippen LogP contribution in [-0.4, -0.2) is 27.2 Å². The molecule has 3 aromatic carbocycles. The number of para-hydroxylation sites is 4. The Morgan fingerprint density at radius 3 is 2.11 bits per heavy atom. The second kappa shape index (κ2) is 10.1. The van der Waals surface area contributed by atoms with Crippen molar-refractivity contribution in [2.24, 2.45) is 0 Å². The number of amides is 2. The molecule has 0 unspecified atom stereocenters. The molecule has 2 amide bonds. The molecule has 0 radical (unpaired) electrons. The van der Waals surface area contributed by atoms with E-state index in [4.69, 9.17) is 9.72 Å². The van der Waals surface area contributed by atoms with Crippen LogP contribution in [0.4, 0.5) is 27.8 Å². The standard InChI is InChI=1S/C28H31N5O3/c1-18(2)33-24-13-9-8-12-23(24)31-26(33)29-20-16-14-19(15-17-20)25(34)30-21-10-6-7-11-22(21)32-27(35)36-28(3,4)5/h6-18H,1-5H3,(H,29,31)(H,30,34)(H,32,35). The van der Waals surface area contributed by atoms with Gasteiger partial charge >= 0.3 is 6.09 Å². The number of aromatic nitrogens is 2. The zero-order valence-corrected chi connectivity index (χ0v) is 21.1. The normalized spacial score (nSPS) is 11.4. The Labute approximate surface area is 210 Å². The lowest BCUT2D eigenvalue weighted by atomic mass is 10.2. The SMILES string of the molecule is CC(C)n1c(Nc2ccc(C(=O)Nc3ccccc3NC(=O)OC(C)(C)C)cc2)nc2ccccc21. The highest BCUT2D eigenvalue weighted by Crippen LogP contribution is 2.27. The van der Waals surface area contributed by atoms with Crippen molar-refractivity contribution in [2.45, 2.75) is 46.3 Å². The van der Waals surface area contributed by atoms with E-state index in [2.05, 4.69) is 40.4 Å². The van der Waals surface area contributed by atoms with Gasteiger partial charge in [-0.25, -0.2) is 9.78 Å². The van der Waals surface area contributed by atoms with E-state index < -0.39 is 11.7 Å². The molecule has 4 aromatic rings. The lowest BCUT2D eigenvalue weighted by Crippen LogP contribution is -2.27. The predicted octanol–water partition coefficient (Wildman–Crippen LogP) is 6.96. The van der Waals surface area contributed by atoms with Crippen LogP contribution >= 0.6 is 0 Å². The minimum Gasteiger partial charge on any atom is -0.444 e. The number of hydrogen-bond donors (Lipinski definition) is 3. The van der Waals surface area contributed by atoms with Gasteiger partial charge in [0.05, 0.1) is 22.4 Å². The van der Waals surface area contributed by atoms with Crippen LogP contribution in [0.2, 0.25) is 0 Å². The van der Waals surface area contributed by atoms with Gasteiger partial charge in [0.1, 0.15) is 5.60 Å². The molecule has 3 N–H and O–H groups in total. The first kappa shape index (κ1) is 24.8. The highest BCUT2D eigenvalue weighted by atomic mass is 16.6. The van der Waals surface area contributed by atoms with E-state index in [1.807, 2.05) is 30.3 Å². The average molecular weight is 486 g/mol. The highest BCUT2D eigenvalue weighted by Gasteiger charge is 2.18. The van der Waals surface area contributed by atoms with Crippen molar-refractivity contribution in [3.8, 4) is 0 Å². The summed E-state index contributed by atoms with van der Waals surface area (Å²) < 4.78 is 7.46. The van der Waals surface area contributed by atoms with Crippen molar-refractivity contribution in [3.63, 3.8) is 0 Å². The largest absolute Gasteiger partial charge is 0.444 e. The van der Waals surface area contributed by atoms with Gasteiger partial charge < -0.3 is 19.9 Å². The quantitative estimate of drug-likeness (QED) is 0.274. The topological polar surface area (TPSA) is 97.3 Å². The van der Waals surface area contributed by atoms with Crippen LogP contribution in [0.3, 0.4) is 0 Å². The Morgan fingerprint density at radius 1 is 0.861 bits per heavy atom. The van der Waals surface area contributed by atoms with Crippen molar-refractivity contribution in [3.05, 3.63) is 78.4 Å². The maximum absolute atomic E-state index is 12.9. The third kappa shape index (κ3) is 5.83. The van der Waals surface area contributed by atoms with Crippen molar-refractivity contribution in [1.82, 2.24) is 9.55 Å². The number of rotatable bonds is 6. The number of nitrogens with one attached hydrogen (secondary N) is 3. The number of benzene rings is 3. The molecule has 0 atom stereocenters. The molecule has 0 aliphatic rings. The summed E-state index contributed by atoms with van der Waals surface area (Å²) in [5.41, 5.74) is 3.57. The zero-order valence-electron chi connectivity index (χ0n) is 21.1. The Morgan fingerprint density at radius 2 is 1.47 bits per heavy atom. The zero-order chi connectivity index (χ0) is 25.9. The Kier molecular flexibility index (Phi) is 6.96. The number of carbonyl (C=O) groups excluding carboxylic acids is 2. The molecule has 0 aliphatic carbocycles. The van der Waals surface area contributed by atoms with Crippen LogP contribution in [0.5, 0.6) is 0 Å². The summed E-state index contributed by atoms with van der Waals surface area (Å²) in [4.78, 5) is 29.8. The van der Waals surface area contributed by atoms with Gasteiger partial charge in [-0.3, -0.25) is 10.1 Å². The van der Waals surface area contributed by atoms with E-state index in [0.29, 0.717) is 16.9 Å². The molecule has 8 heteroatoms. The molecule has 1 aromatic heterocycles. The summed E-state index contributed by atoms with van der Waals surface area (Å²) in [6.07, 6.45) is -0.591. The van der Waals surface area contributed by atoms with Gasteiger partial charge in [0.15, 0.2) is 0 Å². The molecule has 0 bridgehead atoms. The van der Waals surface area contributed by atoms with E-state index in [1.165, 1.54) is 0 Å². The van der Waals surface area contributed by atoms with E-state index >= 15 is 0 Å². The predicted molar refractivity (Wildman–Crippen MR) is 144 cm³/mol. The van der Waals surface area contributed by atoms with Crippen molar-refractivity contribution in [1.29, 1.82) is 0 Å². The van der Waals surface area contributed by atoms with Crippen LogP contribution in [-0.2, 0) is 4.74 Å². The fourth-order valence-electron chi connectivity index (χ4n) is 3.80. The number of anilines is 4. The Bertz CT molecular complexity index is 1380. The van der Waals surface area contributed by atoms with Gasteiger partial charge in [0.2, 0.25) is 5.95 Å². The summed E-state index contributed by atoms with van der Waals surface area (Å²) in [5, 5.41) is 8.92. The van der Waals surface area contributed by atoms with Crippen LogP contribution in [0.25, 0.3) is 11.0 Å². The smallest absolute Gasteiger partial charge is 0.412 e. The molecular weight excluding hydrogens is 454 g/mol. The first-order valence-corrected chi connectivity index (χ1v) is 11.8. The number of ether oxygens (including phenoxy) is 1. The van der Waals surface area contributed by atoms with Crippen LogP contribution in [0.1, 0.15) is 51.0 Å². The number of fused-ring (bicyclic) bond motifs is 1. The van der Waals surface area contributed by atoms with Gasteiger partial charge in [-0.15, -0.1) is 0 Å². The number of hydrogen-bond acceptors (Lipinski definition) is 5. The van der Waals surface area contributed by atoms with Crippen LogP contribution < -0.4 is 16.0 Å². The molecule has 0 aliphatic heterocycles. The maximum Gasteiger partial charge on any atom is 0.412 e. The van der Waals surface area contributed by atoms with Gasteiger partial charge in [-0.2, -0.15) is 0 Å². The first-order valence-electron chi connectivity index (χ1n) is 11.8. The third-order valence-electron chi connectivity index (χ3n) is 5.33. The molecule has 186 valence electrons. The molecule has 8 nitrogen and oxygen atoms in total. The van der Waals surface area contributed by atoms with Crippen LogP contribution in [0, 0.1) is 0 Å². The molecular formula is C28H31N5O3. The second-order valence-corrected chi connectivity index (χ2v) is 9.72. The van der Waals surface area contributed by atoms with E-state index in [-0.39, 0.29) is 11.9 Å². The fourth-order valence-corrected chi connectivity index (χ4v) is 3.80. The van der Waals surface area contributed by atoms with E-state index in [1.54, 1.807) is 57.2 Å².